The van der Waals surface area contributed by atoms with Crippen LogP contribution in [0.2, 0.25) is 0 Å². The molecule has 0 saturated carbocycles. The summed E-state index contributed by atoms with van der Waals surface area (Å²) in [6.45, 7) is -0.0721. The molecule has 21 heavy (non-hydrogen) atoms. The third-order valence-electron chi connectivity index (χ3n) is 2.79. The van der Waals surface area contributed by atoms with Gasteiger partial charge in [-0.05, 0) is 13.0 Å². The van der Waals surface area contributed by atoms with E-state index < -0.39 is 12.7 Å². The second-order valence-corrected chi connectivity index (χ2v) is 4.37. The number of ether oxygens (including phenoxy) is 2. The number of para-hydroxylation sites is 1. The van der Waals surface area contributed by atoms with Crippen molar-refractivity contribution in [1.82, 2.24) is 10.6 Å². The minimum Gasteiger partial charge on any atom is -0.434 e. The molecule has 0 saturated heterocycles. The summed E-state index contributed by atoms with van der Waals surface area (Å²) < 4.78 is 33.8. The molecule has 0 fully saturated rings. The van der Waals surface area contributed by atoms with E-state index in [4.69, 9.17) is 4.74 Å². The summed E-state index contributed by atoms with van der Waals surface area (Å²) in [7, 11) is 1.55. The van der Waals surface area contributed by atoms with Gasteiger partial charge in [0.05, 0.1) is 12.6 Å². The second kappa shape index (κ2) is 9.25. The molecule has 118 valence electrons. The quantitative estimate of drug-likeness (QED) is 0.679. The molecule has 0 aliphatic carbocycles. The Bertz CT molecular complexity index is 444. The molecular formula is C14H20F2N2O3. The fraction of sp³-hybridized carbons (Fsp3) is 0.500. The summed E-state index contributed by atoms with van der Waals surface area (Å²) in [5.41, 5.74) is 0.564. The molecule has 1 atom stereocenters. The van der Waals surface area contributed by atoms with Crippen LogP contribution in [0.25, 0.3) is 0 Å². The number of alkyl halides is 2. The Hall–Kier alpha value is -1.73. The lowest BCUT2D eigenvalue weighted by Crippen LogP contribution is -2.42. The predicted molar refractivity (Wildman–Crippen MR) is 74.3 cm³/mol. The Labute approximate surface area is 122 Å². The van der Waals surface area contributed by atoms with Gasteiger partial charge in [0.15, 0.2) is 0 Å². The van der Waals surface area contributed by atoms with Gasteiger partial charge < -0.3 is 20.1 Å². The van der Waals surface area contributed by atoms with Crippen molar-refractivity contribution in [2.75, 3.05) is 20.3 Å². The number of amides is 1. The predicted octanol–water partition coefficient (Wildman–Crippen LogP) is 1.53. The van der Waals surface area contributed by atoms with Crippen LogP contribution in [-0.4, -0.2) is 38.8 Å². The van der Waals surface area contributed by atoms with Crippen LogP contribution in [0.4, 0.5) is 8.78 Å². The smallest absolute Gasteiger partial charge is 0.387 e. The number of hydrogen-bond donors (Lipinski definition) is 2. The van der Waals surface area contributed by atoms with Crippen molar-refractivity contribution in [2.24, 2.45) is 0 Å². The molecule has 0 spiro atoms. The van der Waals surface area contributed by atoms with Gasteiger partial charge in [0.25, 0.3) is 0 Å². The van der Waals surface area contributed by atoms with Gasteiger partial charge in [-0.15, -0.1) is 0 Å². The van der Waals surface area contributed by atoms with Crippen molar-refractivity contribution in [2.45, 2.75) is 26.1 Å². The first-order valence-corrected chi connectivity index (χ1v) is 6.57. The standard InChI is InChI=1S/C14H20F2N2O3/c1-10(13(19)17-7-8-20-2)18-9-11-5-3-4-6-12(11)21-14(15)16/h3-6,10,14,18H,7-9H2,1-2H3,(H,17,19). The summed E-state index contributed by atoms with van der Waals surface area (Å²) in [4.78, 5) is 11.7. The minimum absolute atomic E-state index is 0.104. The number of nitrogens with one attached hydrogen (secondary N) is 2. The SMILES string of the molecule is COCCNC(=O)C(C)NCc1ccccc1OC(F)F. The van der Waals surface area contributed by atoms with E-state index in [9.17, 15) is 13.6 Å². The maximum absolute atomic E-state index is 12.3. The highest BCUT2D eigenvalue weighted by Gasteiger charge is 2.13. The van der Waals surface area contributed by atoms with Crippen LogP contribution in [0.3, 0.4) is 0 Å². The van der Waals surface area contributed by atoms with E-state index in [1.54, 1.807) is 32.2 Å². The summed E-state index contributed by atoms with van der Waals surface area (Å²) in [6, 6.07) is 6.01. The summed E-state index contributed by atoms with van der Waals surface area (Å²) in [5, 5.41) is 5.65. The van der Waals surface area contributed by atoms with Crippen LogP contribution in [0.1, 0.15) is 12.5 Å². The van der Waals surface area contributed by atoms with Crippen LogP contribution in [0, 0.1) is 0 Å². The number of carbonyl (C=O) groups is 1. The Morgan fingerprint density at radius 3 is 2.71 bits per heavy atom. The van der Waals surface area contributed by atoms with Crippen molar-refractivity contribution in [3.63, 3.8) is 0 Å². The van der Waals surface area contributed by atoms with Crippen molar-refractivity contribution in [3.05, 3.63) is 29.8 Å². The van der Waals surface area contributed by atoms with Gasteiger partial charge in [-0.25, -0.2) is 0 Å². The lowest BCUT2D eigenvalue weighted by atomic mass is 10.2. The molecule has 0 bridgehead atoms. The monoisotopic (exact) mass is 302 g/mol. The van der Waals surface area contributed by atoms with E-state index in [2.05, 4.69) is 15.4 Å². The van der Waals surface area contributed by atoms with Gasteiger partial charge in [0.1, 0.15) is 5.75 Å². The number of methoxy groups -OCH3 is 1. The first-order chi connectivity index (χ1) is 10.0. The first-order valence-electron chi connectivity index (χ1n) is 6.57. The molecule has 0 heterocycles. The van der Waals surface area contributed by atoms with Crippen LogP contribution in [0.5, 0.6) is 5.75 Å². The van der Waals surface area contributed by atoms with Crippen molar-refractivity contribution < 1.29 is 23.0 Å². The second-order valence-electron chi connectivity index (χ2n) is 4.37. The number of carbonyl (C=O) groups excluding carboxylic acids is 1. The number of hydrogen-bond acceptors (Lipinski definition) is 4. The van der Waals surface area contributed by atoms with Gasteiger partial charge in [-0.2, -0.15) is 8.78 Å². The summed E-state index contributed by atoms with van der Waals surface area (Å²) in [6.07, 6.45) is 0. The summed E-state index contributed by atoms with van der Waals surface area (Å²) in [5.74, 6) is -0.0775. The molecule has 7 heteroatoms. The van der Waals surface area contributed by atoms with Crippen LogP contribution in [0.15, 0.2) is 24.3 Å². The maximum Gasteiger partial charge on any atom is 0.387 e. The van der Waals surface area contributed by atoms with Crippen LogP contribution >= 0.6 is 0 Å². The topological polar surface area (TPSA) is 59.6 Å². The van der Waals surface area contributed by atoms with Crippen molar-refractivity contribution in [3.8, 4) is 5.75 Å². The third kappa shape index (κ3) is 6.50. The Morgan fingerprint density at radius 1 is 1.33 bits per heavy atom. The lowest BCUT2D eigenvalue weighted by Gasteiger charge is -2.16. The molecule has 0 radical (unpaired) electrons. The Morgan fingerprint density at radius 2 is 2.05 bits per heavy atom. The highest BCUT2D eigenvalue weighted by molar-refractivity contribution is 5.81. The van der Waals surface area contributed by atoms with Gasteiger partial charge >= 0.3 is 6.61 Å². The van der Waals surface area contributed by atoms with Crippen LogP contribution < -0.4 is 15.4 Å². The largest absolute Gasteiger partial charge is 0.434 e. The van der Waals surface area contributed by atoms with Gasteiger partial charge in [-0.1, -0.05) is 18.2 Å². The maximum atomic E-state index is 12.3. The van der Waals surface area contributed by atoms with E-state index in [1.165, 1.54) is 6.07 Å². The highest BCUT2D eigenvalue weighted by Crippen LogP contribution is 2.20. The van der Waals surface area contributed by atoms with E-state index in [0.29, 0.717) is 18.7 Å². The molecule has 0 aromatic heterocycles. The van der Waals surface area contributed by atoms with Gasteiger partial charge in [0.2, 0.25) is 5.91 Å². The zero-order valence-electron chi connectivity index (χ0n) is 12.1. The third-order valence-corrected chi connectivity index (χ3v) is 2.79. The fourth-order valence-corrected chi connectivity index (χ4v) is 1.65. The highest BCUT2D eigenvalue weighted by atomic mass is 19.3. The molecule has 1 aromatic carbocycles. The molecule has 1 amide bonds. The average molecular weight is 302 g/mol. The first kappa shape index (κ1) is 17.3. The van der Waals surface area contributed by atoms with Gasteiger partial charge in [0, 0.05) is 25.8 Å². The Balaban J connectivity index is 2.49. The molecule has 0 aliphatic heterocycles. The number of rotatable bonds is 9. The van der Waals surface area contributed by atoms with Crippen LogP contribution in [-0.2, 0) is 16.1 Å². The molecular weight excluding hydrogens is 282 g/mol. The normalized spacial score (nSPS) is 12.2. The minimum atomic E-state index is -2.87. The van der Waals surface area contributed by atoms with E-state index in [-0.39, 0.29) is 18.2 Å². The Kier molecular flexibility index (Phi) is 7.63. The van der Waals surface area contributed by atoms with E-state index in [1.807, 2.05) is 0 Å². The molecule has 1 aromatic rings. The molecule has 1 unspecified atom stereocenters. The number of benzene rings is 1. The van der Waals surface area contributed by atoms with Gasteiger partial charge in [-0.3, -0.25) is 4.79 Å². The molecule has 5 nitrogen and oxygen atoms in total. The average Bonchev–Trinajstić information content (AvgIpc) is 2.45. The zero-order valence-corrected chi connectivity index (χ0v) is 12.1. The van der Waals surface area contributed by atoms with E-state index in [0.717, 1.165) is 0 Å². The fourth-order valence-electron chi connectivity index (χ4n) is 1.65. The van der Waals surface area contributed by atoms with Crippen molar-refractivity contribution in [1.29, 1.82) is 0 Å². The van der Waals surface area contributed by atoms with E-state index >= 15 is 0 Å². The number of halogens is 2. The molecule has 2 N–H and O–H groups in total. The van der Waals surface area contributed by atoms with Crippen molar-refractivity contribution >= 4 is 5.91 Å². The molecule has 1 rings (SSSR count). The summed E-state index contributed by atoms with van der Waals surface area (Å²) >= 11 is 0. The lowest BCUT2D eigenvalue weighted by molar-refractivity contribution is -0.123. The molecule has 0 aliphatic rings. The zero-order chi connectivity index (χ0) is 15.7.